The number of nitrogens with zero attached hydrogens (tertiary/aromatic N) is 5. The van der Waals surface area contributed by atoms with Gasteiger partial charge >= 0.3 is 0 Å². The first kappa shape index (κ1) is 24.4. The highest BCUT2D eigenvalue weighted by Crippen LogP contribution is 2.33. The Morgan fingerprint density at radius 1 is 0.925 bits per heavy atom. The lowest BCUT2D eigenvalue weighted by atomic mass is 10.0. The predicted molar refractivity (Wildman–Crippen MR) is 154 cm³/mol. The van der Waals surface area contributed by atoms with Gasteiger partial charge in [-0.05, 0) is 86.4 Å². The van der Waals surface area contributed by atoms with Crippen molar-refractivity contribution in [1.29, 1.82) is 0 Å². The summed E-state index contributed by atoms with van der Waals surface area (Å²) >= 11 is 0. The molecule has 6 aromatic rings. The fourth-order valence-electron chi connectivity index (χ4n) is 5.46. The van der Waals surface area contributed by atoms with Gasteiger partial charge in [-0.2, -0.15) is 5.10 Å². The van der Waals surface area contributed by atoms with Crippen molar-refractivity contribution in [2.75, 3.05) is 26.2 Å². The van der Waals surface area contributed by atoms with E-state index < -0.39 is 0 Å². The number of pyridine rings is 2. The average molecular weight is 534 g/mol. The van der Waals surface area contributed by atoms with E-state index in [0.29, 0.717) is 34.9 Å². The van der Waals surface area contributed by atoms with E-state index in [1.54, 1.807) is 12.4 Å². The Hall–Kier alpha value is -4.63. The largest absolute Gasteiger partial charge is 0.491 e. The van der Waals surface area contributed by atoms with Gasteiger partial charge in [-0.15, -0.1) is 0 Å². The summed E-state index contributed by atoms with van der Waals surface area (Å²) in [5.74, 6) is 1.07. The minimum Gasteiger partial charge on any atom is -0.491 e. The van der Waals surface area contributed by atoms with Crippen LogP contribution in [0.4, 0.5) is 4.39 Å². The van der Waals surface area contributed by atoms with Crippen molar-refractivity contribution >= 4 is 21.9 Å². The summed E-state index contributed by atoms with van der Waals surface area (Å²) in [5.41, 5.74) is 7.15. The fourth-order valence-corrected chi connectivity index (χ4v) is 5.46. The summed E-state index contributed by atoms with van der Waals surface area (Å²) in [7, 11) is 0. The van der Waals surface area contributed by atoms with E-state index in [-0.39, 0.29) is 5.82 Å². The second kappa shape index (κ2) is 10.2. The van der Waals surface area contributed by atoms with Gasteiger partial charge in [0.05, 0.1) is 22.9 Å². The highest BCUT2D eigenvalue weighted by atomic mass is 19.1. The highest BCUT2D eigenvalue weighted by molar-refractivity contribution is 5.97. The Morgan fingerprint density at radius 2 is 1.82 bits per heavy atom. The van der Waals surface area contributed by atoms with Crippen LogP contribution in [0.5, 0.6) is 5.75 Å². The van der Waals surface area contributed by atoms with Gasteiger partial charge in [-0.25, -0.2) is 9.37 Å². The van der Waals surface area contributed by atoms with Gasteiger partial charge in [-0.1, -0.05) is 6.07 Å². The summed E-state index contributed by atoms with van der Waals surface area (Å²) in [6, 6.07) is 14.9. The minimum atomic E-state index is -0.300. The molecule has 0 bridgehead atoms. The van der Waals surface area contributed by atoms with Gasteiger partial charge in [0.15, 0.2) is 5.82 Å². The number of ether oxygens (including phenoxy) is 1. The van der Waals surface area contributed by atoms with E-state index in [9.17, 15) is 4.39 Å². The van der Waals surface area contributed by atoms with E-state index in [4.69, 9.17) is 9.72 Å². The Labute approximate surface area is 230 Å². The summed E-state index contributed by atoms with van der Waals surface area (Å²) in [5, 5.41) is 8.62. The van der Waals surface area contributed by atoms with Gasteiger partial charge in [0.1, 0.15) is 29.4 Å². The molecule has 1 aliphatic heterocycles. The number of aromatic amines is 2. The van der Waals surface area contributed by atoms with Crippen LogP contribution in [0.25, 0.3) is 55.8 Å². The number of aromatic nitrogens is 6. The minimum absolute atomic E-state index is 0.300. The van der Waals surface area contributed by atoms with Crippen molar-refractivity contribution in [3.8, 4) is 39.7 Å². The maximum absolute atomic E-state index is 14.2. The molecule has 200 valence electrons. The van der Waals surface area contributed by atoms with Crippen molar-refractivity contribution in [1.82, 2.24) is 35.0 Å². The number of benzene rings is 2. The van der Waals surface area contributed by atoms with Crippen LogP contribution in [-0.4, -0.2) is 61.3 Å². The quantitative estimate of drug-likeness (QED) is 0.256. The Morgan fingerprint density at radius 3 is 2.70 bits per heavy atom. The highest BCUT2D eigenvalue weighted by Gasteiger charge is 2.17. The first-order valence-corrected chi connectivity index (χ1v) is 13.5. The molecule has 0 radical (unpaired) electrons. The van der Waals surface area contributed by atoms with Crippen LogP contribution in [0.15, 0.2) is 67.1 Å². The Bertz CT molecular complexity index is 1820. The molecule has 0 unspecified atom stereocenters. The topological polar surface area (TPSA) is 95.6 Å². The molecule has 0 amide bonds. The third-order valence-corrected chi connectivity index (χ3v) is 7.43. The molecule has 1 saturated heterocycles. The summed E-state index contributed by atoms with van der Waals surface area (Å²) in [4.78, 5) is 19.6. The monoisotopic (exact) mass is 533 g/mol. The van der Waals surface area contributed by atoms with Crippen LogP contribution in [-0.2, 0) is 0 Å². The lowest BCUT2D eigenvalue weighted by Crippen LogP contribution is -2.25. The number of aryl methyl sites for hydroxylation is 1. The Balaban J connectivity index is 1.21. The van der Waals surface area contributed by atoms with Crippen molar-refractivity contribution in [2.45, 2.75) is 19.8 Å². The molecule has 0 aliphatic carbocycles. The number of hydrogen-bond acceptors (Lipinski definition) is 6. The molecule has 0 atom stereocenters. The van der Waals surface area contributed by atoms with Crippen molar-refractivity contribution in [2.24, 2.45) is 0 Å². The average Bonchev–Trinajstić information content (AvgIpc) is 3.71. The summed E-state index contributed by atoms with van der Waals surface area (Å²) in [6.07, 6.45) is 7.85. The third kappa shape index (κ3) is 4.69. The second-order valence-electron chi connectivity index (χ2n) is 10.3. The molecule has 8 nitrogen and oxygen atoms in total. The standard InChI is InChI=1S/C31H28FN7O/c1-19-12-21(14-23(32)13-19)28-30-27(6-7-34-28)35-31(36-30)29-25-16-20(4-5-26(25)37-38-29)22-15-24(18-33-17-22)40-11-10-39-8-2-3-9-39/h4-7,12-18H,2-3,8-11H2,1H3,(H,35,36)(H,37,38). The molecule has 1 aliphatic rings. The van der Waals surface area contributed by atoms with Gasteiger partial charge in [0.25, 0.3) is 0 Å². The van der Waals surface area contributed by atoms with E-state index in [1.807, 2.05) is 43.5 Å². The number of halogens is 1. The van der Waals surface area contributed by atoms with Crippen LogP contribution in [0, 0.1) is 12.7 Å². The van der Waals surface area contributed by atoms with E-state index in [2.05, 4.69) is 36.1 Å². The van der Waals surface area contributed by atoms with Gasteiger partial charge < -0.3 is 9.72 Å². The molecule has 5 heterocycles. The van der Waals surface area contributed by atoms with Crippen molar-refractivity contribution in [3.63, 3.8) is 0 Å². The first-order valence-electron chi connectivity index (χ1n) is 13.5. The van der Waals surface area contributed by atoms with Gasteiger partial charge in [-0.3, -0.25) is 20.0 Å². The number of fused-ring (bicyclic) bond motifs is 2. The van der Waals surface area contributed by atoms with Crippen LogP contribution in [0.1, 0.15) is 18.4 Å². The van der Waals surface area contributed by atoms with Crippen LogP contribution < -0.4 is 4.74 Å². The number of hydrogen-bond donors (Lipinski definition) is 2. The molecule has 7 rings (SSSR count). The Kier molecular flexibility index (Phi) is 6.20. The molecule has 4 aromatic heterocycles. The SMILES string of the molecule is Cc1cc(F)cc(-c2nccc3[nH]c(-c4n[nH]c5ccc(-c6cncc(OCCN7CCCC7)c6)cc45)nc23)c1. The molecule has 0 spiro atoms. The number of nitrogens with one attached hydrogen (secondary N) is 2. The zero-order valence-corrected chi connectivity index (χ0v) is 22.1. The van der Waals surface area contributed by atoms with Crippen LogP contribution >= 0.6 is 0 Å². The van der Waals surface area contributed by atoms with E-state index >= 15 is 0 Å². The smallest absolute Gasteiger partial charge is 0.159 e. The molecule has 2 N–H and O–H groups in total. The zero-order valence-electron chi connectivity index (χ0n) is 22.1. The molecule has 2 aromatic carbocycles. The predicted octanol–water partition coefficient (Wildman–Crippen LogP) is 6.15. The fraction of sp³-hybridized carbons (Fsp3) is 0.226. The molecule has 0 saturated carbocycles. The number of likely N-dealkylation sites (tertiary alicyclic amines) is 1. The van der Waals surface area contributed by atoms with E-state index in [0.717, 1.165) is 58.5 Å². The number of imidazole rings is 1. The second-order valence-corrected chi connectivity index (χ2v) is 10.3. The third-order valence-electron chi connectivity index (χ3n) is 7.43. The lowest BCUT2D eigenvalue weighted by Gasteiger charge is -2.15. The number of rotatable bonds is 7. The molecular weight excluding hydrogens is 505 g/mol. The molecule has 1 fully saturated rings. The number of H-pyrrole nitrogens is 2. The molecule has 40 heavy (non-hydrogen) atoms. The molecule has 9 heteroatoms. The van der Waals surface area contributed by atoms with Crippen LogP contribution in [0.3, 0.4) is 0 Å². The summed E-state index contributed by atoms with van der Waals surface area (Å²) < 4.78 is 20.2. The maximum atomic E-state index is 14.2. The van der Waals surface area contributed by atoms with Gasteiger partial charge in [0, 0.05) is 35.5 Å². The summed E-state index contributed by atoms with van der Waals surface area (Å²) in [6.45, 7) is 5.75. The first-order chi connectivity index (χ1) is 19.6. The van der Waals surface area contributed by atoms with Crippen LogP contribution in [0.2, 0.25) is 0 Å². The van der Waals surface area contributed by atoms with E-state index in [1.165, 1.54) is 25.0 Å². The zero-order chi connectivity index (χ0) is 27.1. The van der Waals surface area contributed by atoms with Gasteiger partial charge in [0.2, 0.25) is 0 Å². The normalized spacial score (nSPS) is 13.9. The van der Waals surface area contributed by atoms with Crippen molar-refractivity contribution in [3.05, 3.63) is 78.5 Å². The molecular formula is C31H28FN7O. The van der Waals surface area contributed by atoms with Crippen molar-refractivity contribution < 1.29 is 9.13 Å². The maximum Gasteiger partial charge on any atom is 0.159 e. The lowest BCUT2D eigenvalue weighted by molar-refractivity contribution is 0.237.